The van der Waals surface area contributed by atoms with Gasteiger partial charge < -0.3 is 5.32 Å². The molecule has 68 heavy (non-hydrogen) atoms. The number of amidine groups is 1. The minimum absolute atomic E-state index is 0.0388. The molecule has 0 radical (unpaired) electrons. The van der Waals surface area contributed by atoms with Crippen LogP contribution < -0.4 is 15.6 Å². The number of amides is 1. The normalized spacial score (nSPS) is 21.9. The molecule has 3 aromatic heterocycles. The number of hydrazone groups is 1. The van der Waals surface area contributed by atoms with Crippen molar-refractivity contribution in [1.29, 1.82) is 0 Å². The second-order valence-electron chi connectivity index (χ2n) is 17.5. The third-order valence-corrected chi connectivity index (χ3v) is 14.8. The van der Waals surface area contributed by atoms with E-state index in [0.717, 1.165) is 21.7 Å². The van der Waals surface area contributed by atoms with Gasteiger partial charge in [0.05, 0.1) is 40.4 Å². The molecule has 5 aromatic rings. The number of halogens is 9. The number of aromatic nitrogens is 6. The molecule has 1 aliphatic heterocycles. The Bertz CT molecular complexity index is 3190. The average Bonchev–Trinajstić information content (AvgIpc) is 4.17. The monoisotopic (exact) mass is 988 g/mol. The van der Waals surface area contributed by atoms with Gasteiger partial charge in [-0.25, -0.2) is 49.7 Å². The molecule has 0 spiro atoms. The Balaban J connectivity index is 1.15. The number of nitrogens with zero attached hydrogens (tertiary/aromatic N) is 8. The highest BCUT2D eigenvalue weighted by Crippen LogP contribution is 2.68. The Morgan fingerprint density at radius 1 is 0.971 bits per heavy atom. The van der Waals surface area contributed by atoms with Crippen molar-refractivity contribution in [3.05, 3.63) is 121 Å². The number of aryl methyl sites for hydroxylation is 2. The van der Waals surface area contributed by atoms with Crippen LogP contribution in [0.3, 0.4) is 0 Å². The van der Waals surface area contributed by atoms with Gasteiger partial charge in [-0.1, -0.05) is 17.7 Å². The zero-order chi connectivity index (χ0) is 48.3. The Morgan fingerprint density at radius 2 is 1.68 bits per heavy atom. The Kier molecular flexibility index (Phi) is 11.0. The third-order valence-electron chi connectivity index (χ3n) is 12.6. The van der Waals surface area contributed by atoms with E-state index in [4.69, 9.17) is 16.6 Å². The molecule has 4 heterocycles. The van der Waals surface area contributed by atoms with E-state index in [1.54, 1.807) is 19.9 Å². The van der Waals surface area contributed by atoms with E-state index in [9.17, 15) is 39.6 Å². The standard InChI is InChI=1S/C44H37ClF8N10O4S/c1-18-9-19(2)55-40(54-18)21-3-6-25-29(13-21)57-42(63(43(25)65)31-8-7-28(45)35-37(31)61(16-32(48)49)59-41(35)60-68(66,67)24-4-5-24)30(12-20-10-22(46)14-23(47)11-20)56-33(64)17-62-38-34(36(58-62)39(50)51)26-15-27(26)44(38,52)53/h3,6-11,13-14,24,26-27,30,32,35,37,39H,4-5,12,15-17H2,1-2H3,(H,56,64)(H,59,60)/t26-,27+,30-,35?,37?/m0/s1. The molecule has 5 atom stereocenters. The Hall–Kier alpha value is -6.23. The molecule has 356 valence electrons. The molecule has 0 bridgehead atoms. The number of carbonyl (C=O) groups is 1. The summed E-state index contributed by atoms with van der Waals surface area (Å²) in [5.41, 5.74) is -1.67. The molecule has 5 aliphatic rings. The maximum absolute atomic E-state index is 15.6. The highest BCUT2D eigenvalue weighted by Gasteiger charge is 2.67. The van der Waals surface area contributed by atoms with Crippen LogP contribution in [0.15, 0.2) is 69.5 Å². The number of hydrogen-bond acceptors (Lipinski definition) is 10. The molecule has 10 rings (SSSR count). The van der Waals surface area contributed by atoms with Gasteiger partial charge in [0, 0.05) is 46.0 Å². The number of fused-ring (bicyclic) bond motifs is 5. The number of benzene rings is 2. The minimum atomic E-state index is -4.06. The van der Waals surface area contributed by atoms with Crippen LogP contribution in [0.4, 0.5) is 35.1 Å². The van der Waals surface area contributed by atoms with Crippen molar-refractivity contribution in [3.8, 4) is 11.4 Å². The van der Waals surface area contributed by atoms with Gasteiger partial charge in [-0.05, 0) is 87.1 Å². The topological polar surface area (TPSA) is 169 Å². The molecule has 0 saturated heterocycles. The first-order valence-corrected chi connectivity index (χ1v) is 23.2. The van der Waals surface area contributed by atoms with Gasteiger partial charge in [0.15, 0.2) is 5.82 Å². The Morgan fingerprint density at radius 3 is 2.34 bits per heavy atom. The fourth-order valence-electron chi connectivity index (χ4n) is 9.56. The summed E-state index contributed by atoms with van der Waals surface area (Å²) in [7, 11) is -4.06. The molecule has 14 nitrogen and oxygen atoms in total. The third kappa shape index (κ3) is 8.09. The first-order valence-electron chi connectivity index (χ1n) is 21.3. The van der Waals surface area contributed by atoms with E-state index in [1.165, 1.54) is 30.4 Å². The van der Waals surface area contributed by atoms with E-state index in [2.05, 4.69) is 30.2 Å². The van der Waals surface area contributed by atoms with Gasteiger partial charge in [0.1, 0.15) is 47.3 Å². The van der Waals surface area contributed by atoms with E-state index in [1.807, 2.05) is 0 Å². The van der Waals surface area contributed by atoms with Crippen LogP contribution in [-0.2, 0) is 33.7 Å². The molecule has 2 aromatic carbocycles. The average molecular weight is 989 g/mol. The quantitative estimate of drug-likeness (QED) is 0.117. The number of nitrogens with one attached hydrogen (secondary N) is 2. The molecule has 1 amide bonds. The molecule has 2 saturated carbocycles. The van der Waals surface area contributed by atoms with Gasteiger partial charge >= 0.3 is 0 Å². The summed E-state index contributed by atoms with van der Waals surface area (Å²) >= 11 is 6.74. The van der Waals surface area contributed by atoms with E-state index in [-0.39, 0.29) is 50.8 Å². The molecular formula is C44H37ClF8N10O4S. The first kappa shape index (κ1) is 45.5. The van der Waals surface area contributed by atoms with Gasteiger partial charge in [-0.15, -0.1) is 0 Å². The van der Waals surface area contributed by atoms with Crippen molar-refractivity contribution >= 4 is 50.0 Å². The number of sulfonamides is 1. The Labute approximate surface area is 385 Å². The van der Waals surface area contributed by atoms with Crippen LogP contribution in [0, 0.1) is 37.3 Å². The van der Waals surface area contributed by atoms with Gasteiger partial charge in [0.25, 0.3) is 24.3 Å². The summed E-state index contributed by atoms with van der Waals surface area (Å²) < 4.78 is 149. The summed E-state index contributed by atoms with van der Waals surface area (Å²) in [5, 5.41) is 10.5. The summed E-state index contributed by atoms with van der Waals surface area (Å²) in [4.78, 5) is 43.4. The molecule has 4 aliphatic carbocycles. The molecule has 2 unspecified atom stereocenters. The minimum Gasteiger partial charge on any atom is -0.344 e. The summed E-state index contributed by atoms with van der Waals surface area (Å²) in [5.74, 6) is -10.7. The summed E-state index contributed by atoms with van der Waals surface area (Å²) in [6.07, 6.45) is -3.66. The van der Waals surface area contributed by atoms with Gasteiger partial charge in [-0.2, -0.15) is 19.0 Å². The van der Waals surface area contributed by atoms with Crippen molar-refractivity contribution < 1.29 is 48.3 Å². The van der Waals surface area contributed by atoms with Crippen molar-refractivity contribution in [2.45, 2.75) is 88.1 Å². The first-order chi connectivity index (χ1) is 32.2. The largest absolute Gasteiger partial charge is 0.344 e. The van der Waals surface area contributed by atoms with Gasteiger partial charge in [0.2, 0.25) is 15.9 Å². The zero-order valence-electron chi connectivity index (χ0n) is 35.6. The highest BCUT2D eigenvalue weighted by atomic mass is 35.5. The van der Waals surface area contributed by atoms with Crippen LogP contribution in [0.25, 0.3) is 28.0 Å². The second-order valence-corrected chi connectivity index (χ2v) is 19.9. The van der Waals surface area contributed by atoms with Crippen molar-refractivity contribution in [3.63, 3.8) is 0 Å². The van der Waals surface area contributed by atoms with E-state index < -0.39 is 124 Å². The van der Waals surface area contributed by atoms with Crippen molar-refractivity contribution in [1.82, 2.24) is 44.3 Å². The number of carbonyl (C=O) groups excluding carboxylic acids is 1. The molecular weight excluding hydrogens is 952 g/mol. The number of rotatable bonds is 13. The fraction of sp³-hybridized carbons (Fsp3) is 0.386. The molecule has 24 heteroatoms. The predicted molar refractivity (Wildman–Crippen MR) is 230 cm³/mol. The molecule has 2 fully saturated rings. The lowest BCUT2D eigenvalue weighted by molar-refractivity contribution is -0.123. The lowest BCUT2D eigenvalue weighted by Gasteiger charge is -2.34. The van der Waals surface area contributed by atoms with Gasteiger partial charge in [-0.3, -0.25) is 28.6 Å². The number of hydrogen-bond donors (Lipinski definition) is 2. The van der Waals surface area contributed by atoms with Crippen LogP contribution in [0.5, 0.6) is 0 Å². The van der Waals surface area contributed by atoms with E-state index >= 15 is 13.6 Å². The lowest BCUT2D eigenvalue weighted by atomic mass is 9.91. The summed E-state index contributed by atoms with van der Waals surface area (Å²) in [6.45, 7) is 1.33. The SMILES string of the molecule is Cc1cc(C)nc(-c2ccc3c(=O)n(C4=CC=C(Cl)C5C(NS(=O)(=O)C6CC6)=NN(CC(F)F)C45)c([C@H](Cc4cc(F)cc(F)c4)NC(=O)Cn4nc(C(F)F)c5c4C(F)(F)[C@@H]4C[C@H]54)nc3c2)n1. The maximum Gasteiger partial charge on any atom is 0.293 e. The highest BCUT2D eigenvalue weighted by molar-refractivity contribution is 7.91. The smallest absolute Gasteiger partial charge is 0.293 e. The van der Waals surface area contributed by atoms with Crippen molar-refractivity contribution in [2.24, 2.45) is 16.9 Å². The van der Waals surface area contributed by atoms with Crippen LogP contribution in [0.2, 0.25) is 0 Å². The second kappa shape index (κ2) is 16.5. The van der Waals surface area contributed by atoms with E-state index in [0.29, 0.717) is 40.5 Å². The number of allylic oxidation sites excluding steroid dienone is 2. The summed E-state index contributed by atoms with van der Waals surface area (Å²) in [6, 6.07) is 5.46. The van der Waals surface area contributed by atoms with Crippen molar-refractivity contribution in [2.75, 3.05) is 6.54 Å². The fourth-order valence-corrected chi connectivity index (χ4v) is 11.2. The lowest BCUT2D eigenvalue weighted by Crippen LogP contribution is -2.46. The van der Waals surface area contributed by atoms with Crippen LogP contribution in [-0.4, -0.2) is 78.7 Å². The number of alkyl halides is 6. The van der Waals surface area contributed by atoms with Crippen LogP contribution >= 0.6 is 11.6 Å². The molecule has 2 N–H and O–H groups in total. The predicted octanol–water partition coefficient (Wildman–Crippen LogP) is 7.13. The van der Waals surface area contributed by atoms with Crippen LogP contribution in [0.1, 0.15) is 77.4 Å². The maximum atomic E-state index is 15.6. The zero-order valence-corrected chi connectivity index (χ0v) is 37.2.